The molecule has 1 atom stereocenters. The zero-order valence-corrected chi connectivity index (χ0v) is 8.36. The van der Waals surface area contributed by atoms with Crippen molar-refractivity contribution >= 4 is 5.97 Å². The van der Waals surface area contributed by atoms with E-state index in [1.165, 1.54) is 0 Å². The molecule has 0 amide bonds. The number of hydrogen-bond acceptors (Lipinski definition) is 4. The van der Waals surface area contributed by atoms with E-state index in [0.717, 1.165) is 6.08 Å². The van der Waals surface area contributed by atoms with Gasteiger partial charge in [-0.2, -0.15) is 5.26 Å². The minimum atomic E-state index is -0.421. The summed E-state index contributed by atoms with van der Waals surface area (Å²) < 4.78 is 9.88. The predicted molar refractivity (Wildman–Crippen MR) is 51.4 cm³/mol. The Hall–Kier alpha value is -1.34. The summed E-state index contributed by atoms with van der Waals surface area (Å²) in [5.41, 5.74) is 0. The SMILES string of the molecule is C=CC(=O)OCCCOCC(C)C#N. The van der Waals surface area contributed by atoms with Gasteiger partial charge >= 0.3 is 5.97 Å². The van der Waals surface area contributed by atoms with Gasteiger partial charge in [0.05, 0.1) is 25.2 Å². The molecule has 0 fully saturated rings. The Balaban J connectivity index is 3.19. The number of ether oxygens (including phenoxy) is 2. The van der Waals surface area contributed by atoms with Crippen molar-refractivity contribution in [1.82, 2.24) is 0 Å². The van der Waals surface area contributed by atoms with Gasteiger partial charge in [-0.15, -0.1) is 0 Å². The van der Waals surface area contributed by atoms with E-state index in [-0.39, 0.29) is 5.92 Å². The Morgan fingerprint density at radius 3 is 2.93 bits per heavy atom. The monoisotopic (exact) mass is 197 g/mol. The van der Waals surface area contributed by atoms with E-state index in [4.69, 9.17) is 14.7 Å². The quantitative estimate of drug-likeness (QED) is 0.350. The Bertz CT molecular complexity index is 220. The Kier molecular flexibility index (Phi) is 7.48. The van der Waals surface area contributed by atoms with Gasteiger partial charge in [-0.1, -0.05) is 6.58 Å². The van der Waals surface area contributed by atoms with Crippen LogP contribution in [0.4, 0.5) is 0 Å². The summed E-state index contributed by atoms with van der Waals surface area (Å²) in [5.74, 6) is -0.513. The second kappa shape index (κ2) is 8.27. The van der Waals surface area contributed by atoms with Crippen molar-refractivity contribution in [1.29, 1.82) is 5.26 Å². The first-order valence-corrected chi connectivity index (χ1v) is 4.47. The van der Waals surface area contributed by atoms with Gasteiger partial charge in [0.1, 0.15) is 0 Å². The molecule has 0 heterocycles. The smallest absolute Gasteiger partial charge is 0.330 e. The highest BCUT2D eigenvalue weighted by atomic mass is 16.5. The van der Waals surface area contributed by atoms with Crippen LogP contribution in [0.1, 0.15) is 13.3 Å². The van der Waals surface area contributed by atoms with E-state index in [1.807, 2.05) is 0 Å². The normalized spacial score (nSPS) is 11.4. The second-order valence-corrected chi connectivity index (χ2v) is 2.83. The van der Waals surface area contributed by atoms with E-state index >= 15 is 0 Å². The zero-order chi connectivity index (χ0) is 10.8. The lowest BCUT2D eigenvalue weighted by Gasteiger charge is -2.05. The summed E-state index contributed by atoms with van der Waals surface area (Å²) >= 11 is 0. The molecule has 0 saturated carbocycles. The van der Waals surface area contributed by atoms with Crippen LogP contribution in [0.3, 0.4) is 0 Å². The molecule has 0 spiro atoms. The van der Waals surface area contributed by atoms with Crippen molar-refractivity contribution in [2.45, 2.75) is 13.3 Å². The molecular formula is C10H15NO3. The van der Waals surface area contributed by atoms with Crippen LogP contribution >= 0.6 is 0 Å². The molecule has 0 N–H and O–H groups in total. The van der Waals surface area contributed by atoms with E-state index in [1.54, 1.807) is 6.92 Å². The van der Waals surface area contributed by atoms with Gasteiger partial charge in [0.2, 0.25) is 0 Å². The Morgan fingerprint density at radius 1 is 1.64 bits per heavy atom. The Morgan fingerprint density at radius 2 is 2.36 bits per heavy atom. The summed E-state index contributed by atoms with van der Waals surface area (Å²) in [5, 5.41) is 8.43. The lowest BCUT2D eigenvalue weighted by molar-refractivity contribution is -0.138. The number of nitrogens with zero attached hydrogens (tertiary/aromatic N) is 1. The van der Waals surface area contributed by atoms with Crippen LogP contribution < -0.4 is 0 Å². The van der Waals surface area contributed by atoms with Gasteiger partial charge in [0.15, 0.2) is 0 Å². The summed E-state index contributed by atoms with van der Waals surface area (Å²) in [4.78, 5) is 10.6. The molecule has 0 aliphatic heterocycles. The first kappa shape index (κ1) is 12.7. The van der Waals surface area contributed by atoms with Crippen molar-refractivity contribution in [2.24, 2.45) is 5.92 Å². The average molecular weight is 197 g/mol. The third-order valence-corrected chi connectivity index (χ3v) is 1.43. The fourth-order valence-electron chi connectivity index (χ4n) is 0.690. The summed E-state index contributed by atoms with van der Waals surface area (Å²) in [6.45, 7) is 6.30. The fraction of sp³-hybridized carbons (Fsp3) is 0.600. The highest BCUT2D eigenvalue weighted by molar-refractivity contribution is 5.81. The van der Waals surface area contributed by atoms with Crippen molar-refractivity contribution < 1.29 is 14.3 Å². The van der Waals surface area contributed by atoms with Crippen molar-refractivity contribution in [3.05, 3.63) is 12.7 Å². The molecule has 0 rings (SSSR count). The van der Waals surface area contributed by atoms with Crippen molar-refractivity contribution in [3.63, 3.8) is 0 Å². The number of carbonyl (C=O) groups is 1. The molecule has 0 aromatic heterocycles. The molecule has 0 radical (unpaired) electrons. The topological polar surface area (TPSA) is 59.3 Å². The van der Waals surface area contributed by atoms with Gasteiger partial charge in [-0.3, -0.25) is 0 Å². The molecule has 0 aliphatic carbocycles. The van der Waals surface area contributed by atoms with Crippen molar-refractivity contribution in [3.8, 4) is 6.07 Å². The van der Waals surface area contributed by atoms with Gasteiger partial charge in [-0.05, 0) is 6.92 Å². The molecule has 1 unspecified atom stereocenters. The standard InChI is InChI=1S/C10H15NO3/c1-3-10(12)14-6-4-5-13-8-9(2)7-11/h3,9H,1,4-6,8H2,2H3. The largest absolute Gasteiger partial charge is 0.462 e. The maximum Gasteiger partial charge on any atom is 0.330 e. The van der Waals surface area contributed by atoms with E-state index < -0.39 is 5.97 Å². The molecule has 0 aliphatic rings. The molecule has 78 valence electrons. The third-order valence-electron chi connectivity index (χ3n) is 1.43. The van der Waals surface area contributed by atoms with Crippen LogP contribution in [0.15, 0.2) is 12.7 Å². The van der Waals surface area contributed by atoms with E-state index in [2.05, 4.69) is 12.6 Å². The zero-order valence-electron chi connectivity index (χ0n) is 8.36. The van der Waals surface area contributed by atoms with Gasteiger partial charge in [0, 0.05) is 19.1 Å². The number of rotatable bonds is 7. The lowest BCUT2D eigenvalue weighted by Crippen LogP contribution is -2.08. The molecular weight excluding hydrogens is 182 g/mol. The van der Waals surface area contributed by atoms with E-state index in [0.29, 0.717) is 26.2 Å². The molecule has 4 nitrogen and oxygen atoms in total. The maximum absolute atomic E-state index is 10.6. The van der Waals surface area contributed by atoms with Crippen LogP contribution in [-0.2, 0) is 14.3 Å². The first-order valence-electron chi connectivity index (χ1n) is 4.47. The maximum atomic E-state index is 10.6. The number of hydrogen-bond donors (Lipinski definition) is 0. The van der Waals surface area contributed by atoms with Crippen LogP contribution in [0.5, 0.6) is 0 Å². The molecule has 0 aromatic carbocycles. The van der Waals surface area contributed by atoms with E-state index in [9.17, 15) is 4.79 Å². The Labute approximate surface area is 84.1 Å². The van der Waals surface area contributed by atoms with Gasteiger partial charge in [0.25, 0.3) is 0 Å². The summed E-state index contributed by atoms with van der Waals surface area (Å²) in [6, 6.07) is 2.06. The van der Waals surface area contributed by atoms with Crippen LogP contribution in [0, 0.1) is 17.2 Å². The van der Waals surface area contributed by atoms with Crippen LogP contribution in [0.2, 0.25) is 0 Å². The van der Waals surface area contributed by atoms with Crippen LogP contribution in [0.25, 0.3) is 0 Å². The van der Waals surface area contributed by atoms with Gasteiger partial charge < -0.3 is 9.47 Å². The first-order chi connectivity index (χ1) is 6.70. The molecule has 0 bridgehead atoms. The molecule has 4 heteroatoms. The minimum Gasteiger partial charge on any atom is -0.462 e. The average Bonchev–Trinajstić information content (AvgIpc) is 2.22. The highest BCUT2D eigenvalue weighted by Crippen LogP contribution is 1.94. The summed E-state index contributed by atoms with van der Waals surface area (Å²) in [7, 11) is 0. The second-order valence-electron chi connectivity index (χ2n) is 2.83. The third kappa shape index (κ3) is 7.32. The van der Waals surface area contributed by atoms with Gasteiger partial charge in [-0.25, -0.2) is 4.79 Å². The molecule has 0 aromatic rings. The van der Waals surface area contributed by atoms with Crippen molar-refractivity contribution in [2.75, 3.05) is 19.8 Å². The minimum absolute atomic E-state index is 0.0919. The lowest BCUT2D eigenvalue weighted by atomic mass is 10.2. The number of carbonyl (C=O) groups excluding carboxylic acids is 1. The summed E-state index contributed by atoms with van der Waals surface area (Å²) in [6.07, 6.45) is 1.76. The number of nitriles is 1. The molecule has 14 heavy (non-hydrogen) atoms. The fourth-order valence-corrected chi connectivity index (χ4v) is 0.690. The molecule has 0 saturated heterocycles. The predicted octanol–water partition coefficient (Wildman–Crippen LogP) is 1.28. The number of esters is 1. The highest BCUT2D eigenvalue weighted by Gasteiger charge is 1.99. The van der Waals surface area contributed by atoms with Crippen LogP contribution in [-0.4, -0.2) is 25.8 Å².